The average molecular weight is 201 g/mol. The second-order valence-electron chi connectivity index (χ2n) is 2.68. The van der Waals surface area contributed by atoms with E-state index in [9.17, 15) is 13.2 Å². The minimum atomic E-state index is -4.14. The summed E-state index contributed by atoms with van der Waals surface area (Å²) in [4.78, 5) is 0. The molecule has 0 fully saturated rings. The van der Waals surface area contributed by atoms with Crippen molar-refractivity contribution < 1.29 is 23.0 Å². The number of hydrogen-bond acceptors (Lipinski definition) is 3. The van der Waals surface area contributed by atoms with Crippen LogP contribution < -0.4 is 5.32 Å². The van der Waals surface area contributed by atoms with Crippen LogP contribution >= 0.6 is 0 Å². The Kier molecular flexibility index (Phi) is 6.02. The first-order chi connectivity index (χ1) is 5.95. The zero-order valence-electron chi connectivity index (χ0n) is 7.40. The number of methoxy groups -OCH3 is 1. The van der Waals surface area contributed by atoms with Crippen molar-refractivity contribution in [1.82, 2.24) is 5.32 Å². The summed E-state index contributed by atoms with van der Waals surface area (Å²) in [5.74, 6) is 0. The van der Waals surface area contributed by atoms with Gasteiger partial charge in [0.05, 0.1) is 19.1 Å². The van der Waals surface area contributed by atoms with E-state index in [1.54, 1.807) is 0 Å². The van der Waals surface area contributed by atoms with Crippen molar-refractivity contribution >= 4 is 0 Å². The largest absolute Gasteiger partial charge is 0.390 e. The molecule has 2 N–H and O–H groups in total. The van der Waals surface area contributed by atoms with E-state index in [0.717, 1.165) is 0 Å². The zero-order chi connectivity index (χ0) is 10.3. The van der Waals surface area contributed by atoms with Crippen LogP contribution in [-0.2, 0) is 4.74 Å². The summed E-state index contributed by atoms with van der Waals surface area (Å²) in [6.45, 7) is 0.0627. The Bertz CT molecular complexity index is 129. The van der Waals surface area contributed by atoms with Crippen LogP contribution in [0.2, 0.25) is 0 Å². The van der Waals surface area contributed by atoms with E-state index in [0.29, 0.717) is 0 Å². The molecule has 80 valence electrons. The van der Waals surface area contributed by atoms with Gasteiger partial charge in [-0.25, -0.2) is 0 Å². The van der Waals surface area contributed by atoms with Crippen LogP contribution in [0.3, 0.4) is 0 Å². The van der Waals surface area contributed by atoms with E-state index in [1.807, 2.05) is 0 Å². The highest BCUT2D eigenvalue weighted by Crippen LogP contribution is 2.17. The van der Waals surface area contributed by atoms with Gasteiger partial charge in [-0.3, -0.25) is 0 Å². The first kappa shape index (κ1) is 12.7. The topological polar surface area (TPSA) is 41.5 Å². The number of nitrogens with one attached hydrogen (secondary N) is 1. The van der Waals surface area contributed by atoms with Gasteiger partial charge < -0.3 is 15.2 Å². The molecule has 0 bridgehead atoms. The van der Waals surface area contributed by atoms with Crippen LogP contribution in [-0.4, -0.2) is 44.2 Å². The molecule has 0 amide bonds. The fourth-order valence-corrected chi connectivity index (χ4v) is 0.750. The van der Waals surface area contributed by atoms with Crippen molar-refractivity contribution in [2.24, 2.45) is 0 Å². The SMILES string of the molecule is COCC(O)CNCCC(F)(F)F. The number of ether oxygens (including phenoxy) is 1. The van der Waals surface area contributed by atoms with Crippen LogP contribution in [0, 0.1) is 0 Å². The third kappa shape index (κ3) is 9.59. The Morgan fingerprint density at radius 3 is 2.54 bits per heavy atom. The molecule has 0 aromatic heterocycles. The van der Waals surface area contributed by atoms with E-state index in [1.165, 1.54) is 7.11 Å². The van der Waals surface area contributed by atoms with Gasteiger partial charge in [-0.05, 0) is 0 Å². The molecule has 0 radical (unpaired) electrons. The first-order valence-corrected chi connectivity index (χ1v) is 3.90. The molecule has 0 aromatic carbocycles. The van der Waals surface area contributed by atoms with Crippen LogP contribution in [0.4, 0.5) is 13.2 Å². The van der Waals surface area contributed by atoms with E-state index in [-0.39, 0.29) is 19.7 Å². The summed E-state index contributed by atoms with van der Waals surface area (Å²) in [6.07, 6.45) is -5.77. The molecule has 1 unspecified atom stereocenters. The maximum atomic E-state index is 11.6. The molecule has 1 atom stereocenters. The Hall–Kier alpha value is -0.330. The van der Waals surface area contributed by atoms with Crippen molar-refractivity contribution in [3.8, 4) is 0 Å². The number of alkyl halides is 3. The summed E-state index contributed by atoms with van der Waals surface area (Å²) in [5.41, 5.74) is 0. The van der Waals surface area contributed by atoms with Crippen molar-refractivity contribution in [1.29, 1.82) is 0 Å². The lowest BCUT2D eigenvalue weighted by Gasteiger charge is -2.11. The van der Waals surface area contributed by atoms with E-state index >= 15 is 0 Å². The summed E-state index contributed by atoms with van der Waals surface area (Å²) in [5, 5.41) is 11.5. The van der Waals surface area contributed by atoms with Gasteiger partial charge >= 0.3 is 6.18 Å². The quantitative estimate of drug-likeness (QED) is 0.616. The normalized spacial score (nSPS) is 14.5. The molecule has 0 saturated heterocycles. The minimum Gasteiger partial charge on any atom is -0.389 e. The summed E-state index contributed by atoms with van der Waals surface area (Å²) < 4.78 is 39.4. The zero-order valence-corrected chi connectivity index (χ0v) is 7.40. The van der Waals surface area contributed by atoms with E-state index in [2.05, 4.69) is 10.1 Å². The predicted octanol–water partition coefficient (Wildman–Crippen LogP) is 0.536. The highest BCUT2D eigenvalue weighted by atomic mass is 19.4. The second kappa shape index (κ2) is 6.17. The molecule has 0 saturated carbocycles. The van der Waals surface area contributed by atoms with Gasteiger partial charge in [0.2, 0.25) is 0 Å². The smallest absolute Gasteiger partial charge is 0.389 e. The van der Waals surface area contributed by atoms with Crippen molar-refractivity contribution in [3.63, 3.8) is 0 Å². The van der Waals surface area contributed by atoms with Crippen molar-refractivity contribution in [3.05, 3.63) is 0 Å². The van der Waals surface area contributed by atoms with Gasteiger partial charge in [0.15, 0.2) is 0 Å². The number of aliphatic hydroxyl groups is 1. The maximum absolute atomic E-state index is 11.6. The lowest BCUT2D eigenvalue weighted by Crippen LogP contribution is -2.32. The number of hydrogen-bond donors (Lipinski definition) is 2. The monoisotopic (exact) mass is 201 g/mol. The molecule has 0 aliphatic rings. The van der Waals surface area contributed by atoms with Crippen LogP contribution in [0.1, 0.15) is 6.42 Å². The molecule has 3 nitrogen and oxygen atoms in total. The third-order valence-corrected chi connectivity index (χ3v) is 1.32. The Balaban J connectivity index is 3.25. The second-order valence-corrected chi connectivity index (χ2v) is 2.68. The van der Waals surface area contributed by atoms with Crippen LogP contribution in [0.15, 0.2) is 0 Å². The standard InChI is InChI=1S/C7H14F3NO2/c1-13-5-6(12)4-11-3-2-7(8,9)10/h6,11-12H,2-5H2,1H3. The third-order valence-electron chi connectivity index (χ3n) is 1.32. The Morgan fingerprint density at radius 1 is 1.46 bits per heavy atom. The lowest BCUT2D eigenvalue weighted by molar-refractivity contribution is -0.133. The van der Waals surface area contributed by atoms with Crippen molar-refractivity contribution in [2.75, 3.05) is 26.8 Å². The minimum absolute atomic E-state index is 0.115. The fraction of sp³-hybridized carbons (Fsp3) is 1.00. The first-order valence-electron chi connectivity index (χ1n) is 3.90. The van der Waals surface area contributed by atoms with Gasteiger partial charge in [-0.2, -0.15) is 13.2 Å². The highest BCUT2D eigenvalue weighted by molar-refractivity contribution is 4.60. The van der Waals surface area contributed by atoms with Crippen molar-refractivity contribution in [2.45, 2.75) is 18.7 Å². The molecule has 0 aliphatic heterocycles. The molecule has 0 heterocycles. The van der Waals surface area contributed by atoms with Gasteiger partial charge in [0, 0.05) is 20.2 Å². The van der Waals surface area contributed by atoms with Gasteiger partial charge in [-0.15, -0.1) is 0 Å². The summed E-state index contributed by atoms with van der Waals surface area (Å²) >= 11 is 0. The van der Waals surface area contributed by atoms with E-state index in [4.69, 9.17) is 5.11 Å². The fourth-order valence-electron chi connectivity index (χ4n) is 0.750. The van der Waals surface area contributed by atoms with E-state index < -0.39 is 18.7 Å². The molecular weight excluding hydrogens is 187 g/mol. The number of aliphatic hydroxyl groups excluding tert-OH is 1. The Labute approximate surface area is 74.9 Å². The molecule has 0 aliphatic carbocycles. The van der Waals surface area contributed by atoms with Gasteiger partial charge in [0.25, 0.3) is 0 Å². The molecule has 0 aromatic rings. The van der Waals surface area contributed by atoms with Gasteiger partial charge in [-0.1, -0.05) is 0 Å². The molecule has 13 heavy (non-hydrogen) atoms. The molecule has 0 rings (SSSR count). The molecule has 0 spiro atoms. The average Bonchev–Trinajstić information content (AvgIpc) is 1.97. The number of halogens is 3. The molecular formula is C7H14F3NO2. The van der Waals surface area contributed by atoms with Crippen LogP contribution in [0.25, 0.3) is 0 Å². The number of rotatable bonds is 6. The molecule has 6 heteroatoms. The lowest BCUT2D eigenvalue weighted by atomic mass is 10.3. The van der Waals surface area contributed by atoms with Crippen LogP contribution in [0.5, 0.6) is 0 Å². The Morgan fingerprint density at radius 2 is 2.08 bits per heavy atom. The van der Waals surface area contributed by atoms with Gasteiger partial charge in [0.1, 0.15) is 0 Å². The predicted molar refractivity (Wildman–Crippen MR) is 41.4 cm³/mol. The highest BCUT2D eigenvalue weighted by Gasteiger charge is 2.25. The summed E-state index contributed by atoms with van der Waals surface area (Å²) in [7, 11) is 1.42. The summed E-state index contributed by atoms with van der Waals surface area (Å²) in [6, 6.07) is 0. The maximum Gasteiger partial charge on any atom is 0.390 e.